The molecular formula is C21H17F3N4OS. The van der Waals surface area contributed by atoms with E-state index in [1.165, 1.54) is 22.1 Å². The zero-order valence-corrected chi connectivity index (χ0v) is 16.9. The Labute approximate surface area is 174 Å². The number of nitrogens with one attached hydrogen (secondary N) is 1. The summed E-state index contributed by atoms with van der Waals surface area (Å²) in [7, 11) is 1.70. The number of benzene rings is 2. The first kappa shape index (κ1) is 20.1. The summed E-state index contributed by atoms with van der Waals surface area (Å²) in [5.41, 5.74) is 1.58. The van der Waals surface area contributed by atoms with Gasteiger partial charge in [-0.2, -0.15) is 18.3 Å². The molecule has 4 rings (SSSR count). The topological polar surface area (TPSA) is 59.8 Å². The molecule has 1 amide bonds. The average Bonchev–Trinajstić information content (AvgIpc) is 3.19. The van der Waals surface area contributed by atoms with E-state index < -0.39 is 11.7 Å². The third-order valence-corrected chi connectivity index (χ3v) is 5.71. The molecule has 9 heteroatoms. The fourth-order valence-corrected chi connectivity index (χ4v) is 4.25. The molecule has 2 aromatic heterocycles. The highest BCUT2D eigenvalue weighted by Gasteiger charge is 2.30. The Balaban J connectivity index is 1.56. The lowest BCUT2D eigenvalue weighted by atomic mass is 10.1. The maximum atomic E-state index is 12.9. The Bertz CT molecular complexity index is 1240. The summed E-state index contributed by atoms with van der Waals surface area (Å²) in [5, 5.41) is 9.13. The standard InChI is InChI=1S/C21H17F3N4OS/c1-12-20(26-19(29)18-15-8-3-4-9-16(15)27-28(18)2)30-17(25-12)11-13-6-5-7-14(10-13)21(22,23)24/h3-10H,11H2,1-2H3,(H,26,29). The van der Waals surface area contributed by atoms with E-state index in [2.05, 4.69) is 15.4 Å². The average molecular weight is 430 g/mol. The maximum Gasteiger partial charge on any atom is 0.416 e. The molecule has 0 fully saturated rings. The first-order valence-electron chi connectivity index (χ1n) is 9.08. The summed E-state index contributed by atoms with van der Waals surface area (Å²) in [6.07, 6.45) is -4.14. The minimum Gasteiger partial charge on any atom is -0.311 e. The second kappa shape index (κ2) is 7.56. The lowest BCUT2D eigenvalue weighted by molar-refractivity contribution is -0.137. The summed E-state index contributed by atoms with van der Waals surface area (Å²) < 4.78 is 40.3. The van der Waals surface area contributed by atoms with Crippen LogP contribution < -0.4 is 5.32 Å². The van der Waals surface area contributed by atoms with Gasteiger partial charge in [0.05, 0.1) is 21.8 Å². The number of alkyl halides is 3. The highest BCUT2D eigenvalue weighted by atomic mass is 32.1. The van der Waals surface area contributed by atoms with Gasteiger partial charge in [0.15, 0.2) is 0 Å². The summed E-state index contributed by atoms with van der Waals surface area (Å²) in [6.45, 7) is 1.75. The van der Waals surface area contributed by atoms with Crippen LogP contribution >= 0.6 is 11.3 Å². The second-order valence-corrected chi connectivity index (χ2v) is 7.92. The first-order valence-corrected chi connectivity index (χ1v) is 9.89. The van der Waals surface area contributed by atoms with Gasteiger partial charge in [-0.25, -0.2) is 4.98 Å². The van der Waals surface area contributed by atoms with E-state index in [1.807, 2.05) is 24.3 Å². The van der Waals surface area contributed by atoms with Crippen molar-refractivity contribution in [3.05, 3.63) is 76.1 Å². The van der Waals surface area contributed by atoms with Gasteiger partial charge in [-0.1, -0.05) is 36.4 Å². The van der Waals surface area contributed by atoms with Gasteiger partial charge in [-0.05, 0) is 24.6 Å². The quantitative estimate of drug-likeness (QED) is 0.484. The highest BCUT2D eigenvalue weighted by Crippen LogP contribution is 2.31. The van der Waals surface area contributed by atoms with Gasteiger partial charge in [0.1, 0.15) is 10.7 Å². The SMILES string of the molecule is Cc1nc(Cc2cccc(C(F)(F)F)c2)sc1NC(=O)c1c2ccccc2nn1C. The van der Waals surface area contributed by atoms with Crippen molar-refractivity contribution in [2.75, 3.05) is 5.32 Å². The zero-order valence-electron chi connectivity index (χ0n) is 16.1. The Hall–Kier alpha value is -3.20. The molecule has 154 valence electrons. The van der Waals surface area contributed by atoms with Crippen molar-refractivity contribution in [1.82, 2.24) is 14.8 Å². The van der Waals surface area contributed by atoms with Crippen molar-refractivity contribution < 1.29 is 18.0 Å². The number of hydrogen-bond acceptors (Lipinski definition) is 4. The van der Waals surface area contributed by atoms with Crippen LogP contribution in [0.5, 0.6) is 0 Å². The van der Waals surface area contributed by atoms with Crippen LogP contribution in [-0.2, 0) is 19.6 Å². The fourth-order valence-electron chi connectivity index (χ4n) is 3.25. The van der Waals surface area contributed by atoms with Crippen LogP contribution in [0.4, 0.5) is 18.2 Å². The van der Waals surface area contributed by atoms with E-state index in [4.69, 9.17) is 0 Å². The molecule has 2 aromatic carbocycles. The molecule has 2 heterocycles. The largest absolute Gasteiger partial charge is 0.416 e. The van der Waals surface area contributed by atoms with Gasteiger partial charge >= 0.3 is 6.18 Å². The lowest BCUT2D eigenvalue weighted by Gasteiger charge is -2.07. The third kappa shape index (κ3) is 3.93. The number of aromatic nitrogens is 3. The van der Waals surface area contributed by atoms with Crippen molar-refractivity contribution >= 4 is 33.1 Å². The predicted octanol–water partition coefficient (Wildman–Crippen LogP) is 5.20. The van der Waals surface area contributed by atoms with Crippen molar-refractivity contribution in [3.8, 4) is 0 Å². The van der Waals surface area contributed by atoms with Crippen molar-refractivity contribution in [3.63, 3.8) is 0 Å². The van der Waals surface area contributed by atoms with Crippen molar-refractivity contribution in [2.45, 2.75) is 19.5 Å². The summed E-state index contributed by atoms with van der Waals surface area (Å²) in [4.78, 5) is 17.3. The van der Waals surface area contributed by atoms with Gasteiger partial charge in [0, 0.05) is 18.9 Å². The Morgan fingerprint density at radius 2 is 1.93 bits per heavy atom. The van der Waals surface area contributed by atoms with Crippen LogP contribution in [0.25, 0.3) is 10.9 Å². The van der Waals surface area contributed by atoms with E-state index in [1.54, 1.807) is 20.0 Å². The normalized spacial score (nSPS) is 11.8. The van der Waals surface area contributed by atoms with E-state index in [0.29, 0.717) is 27.0 Å². The van der Waals surface area contributed by atoms with Crippen molar-refractivity contribution in [2.24, 2.45) is 7.05 Å². The molecule has 0 spiro atoms. The number of nitrogens with zero attached hydrogens (tertiary/aromatic N) is 3. The number of anilines is 1. The molecule has 4 aromatic rings. The molecule has 1 N–H and O–H groups in total. The summed E-state index contributed by atoms with van der Waals surface area (Å²) in [5.74, 6) is -0.316. The number of halogens is 3. The lowest BCUT2D eigenvalue weighted by Crippen LogP contribution is -2.16. The van der Waals surface area contributed by atoms with Gasteiger partial charge < -0.3 is 5.32 Å². The Morgan fingerprint density at radius 1 is 1.17 bits per heavy atom. The van der Waals surface area contributed by atoms with Crippen LogP contribution in [-0.4, -0.2) is 20.7 Å². The monoisotopic (exact) mass is 430 g/mol. The van der Waals surface area contributed by atoms with E-state index in [-0.39, 0.29) is 12.3 Å². The molecule has 5 nitrogen and oxygen atoms in total. The third-order valence-electron chi connectivity index (χ3n) is 4.63. The van der Waals surface area contributed by atoms with Crippen LogP contribution in [0.2, 0.25) is 0 Å². The molecule has 0 unspecified atom stereocenters. The summed E-state index contributed by atoms with van der Waals surface area (Å²) >= 11 is 1.25. The first-order chi connectivity index (χ1) is 14.2. The van der Waals surface area contributed by atoms with E-state index >= 15 is 0 Å². The number of carbonyl (C=O) groups excluding carboxylic acids is 1. The molecule has 0 atom stereocenters. The van der Waals surface area contributed by atoms with Gasteiger partial charge in [-0.15, -0.1) is 11.3 Å². The molecule has 0 aliphatic carbocycles. The van der Waals surface area contributed by atoms with E-state index in [0.717, 1.165) is 23.0 Å². The number of hydrogen-bond donors (Lipinski definition) is 1. The zero-order chi connectivity index (χ0) is 21.5. The van der Waals surface area contributed by atoms with Gasteiger partial charge in [0.25, 0.3) is 5.91 Å². The summed E-state index contributed by atoms with van der Waals surface area (Å²) in [6, 6.07) is 12.5. The number of fused-ring (bicyclic) bond motifs is 1. The van der Waals surface area contributed by atoms with Gasteiger partial charge in [-0.3, -0.25) is 9.48 Å². The van der Waals surface area contributed by atoms with Crippen LogP contribution in [0.3, 0.4) is 0 Å². The molecule has 0 bridgehead atoms. The van der Waals surface area contributed by atoms with E-state index in [9.17, 15) is 18.0 Å². The fraction of sp³-hybridized carbons (Fsp3) is 0.190. The van der Waals surface area contributed by atoms with Crippen LogP contribution in [0, 0.1) is 6.92 Å². The molecule has 0 radical (unpaired) electrons. The number of amides is 1. The number of carbonyl (C=O) groups is 1. The molecule has 30 heavy (non-hydrogen) atoms. The number of thiazole rings is 1. The number of rotatable bonds is 4. The van der Waals surface area contributed by atoms with Gasteiger partial charge in [0.2, 0.25) is 0 Å². The van der Waals surface area contributed by atoms with Crippen LogP contribution in [0.1, 0.15) is 32.3 Å². The minimum absolute atomic E-state index is 0.250. The molecule has 0 saturated carbocycles. The maximum absolute atomic E-state index is 12.9. The highest BCUT2D eigenvalue weighted by molar-refractivity contribution is 7.16. The Kier molecular flexibility index (Phi) is 5.07. The molecule has 0 aliphatic heterocycles. The van der Waals surface area contributed by atoms with Crippen molar-refractivity contribution in [1.29, 1.82) is 0 Å². The second-order valence-electron chi connectivity index (χ2n) is 6.84. The minimum atomic E-state index is -4.39. The molecule has 0 saturated heterocycles. The number of aryl methyl sites for hydroxylation is 2. The Morgan fingerprint density at radius 3 is 2.70 bits per heavy atom. The van der Waals surface area contributed by atoms with Crippen LogP contribution in [0.15, 0.2) is 48.5 Å². The molecule has 0 aliphatic rings. The molecular weight excluding hydrogens is 413 g/mol. The smallest absolute Gasteiger partial charge is 0.311 e. The predicted molar refractivity (Wildman–Crippen MR) is 110 cm³/mol.